The molecule has 7 heteroatoms. The van der Waals surface area contributed by atoms with Crippen molar-refractivity contribution in [2.24, 2.45) is 0 Å². The molecule has 7 nitrogen and oxygen atoms in total. The predicted molar refractivity (Wildman–Crippen MR) is 103 cm³/mol. The molecule has 0 radical (unpaired) electrons. The summed E-state index contributed by atoms with van der Waals surface area (Å²) in [5.74, 6) is -1.04. The SMILES string of the molecule is C=CC(C)(C)c1[nH]c2ccccc2c1/C=C1\NC(=O)[C@@]2(O)[C@H]3O[C@H]3CN2C1=O. The number of morpholine rings is 1. The topological polar surface area (TPSA) is 98.0 Å². The van der Waals surface area contributed by atoms with Crippen LogP contribution in [-0.4, -0.2) is 51.3 Å². The first-order chi connectivity index (χ1) is 13.3. The van der Waals surface area contributed by atoms with Crippen molar-refractivity contribution in [3.63, 3.8) is 0 Å². The Morgan fingerprint density at radius 1 is 1.36 bits per heavy atom. The van der Waals surface area contributed by atoms with Gasteiger partial charge in [-0.3, -0.25) is 14.5 Å². The Labute approximate surface area is 161 Å². The van der Waals surface area contributed by atoms with E-state index in [1.807, 2.05) is 44.2 Å². The fraction of sp³-hybridized carbons (Fsp3) is 0.333. The van der Waals surface area contributed by atoms with E-state index in [0.717, 1.165) is 22.2 Å². The Balaban J connectivity index is 1.65. The number of fused-ring (bicyclic) bond motifs is 4. The van der Waals surface area contributed by atoms with Crippen LogP contribution in [0.15, 0.2) is 42.6 Å². The maximum absolute atomic E-state index is 13.0. The van der Waals surface area contributed by atoms with Crippen LogP contribution in [0, 0.1) is 0 Å². The monoisotopic (exact) mass is 379 g/mol. The van der Waals surface area contributed by atoms with Crippen LogP contribution >= 0.6 is 0 Å². The Kier molecular flexibility index (Phi) is 3.28. The number of H-pyrrole nitrogens is 1. The zero-order valence-electron chi connectivity index (χ0n) is 15.7. The number of piperazine rings is 1. The van der Waals surface area contributed by atoms with Crippen molar-refractivity contribution in [2.45, 2.75) is 37.2 Å². The molecule has 3 saturated heterocycles. The van der Waals surface area contributed by atoms with Crippen LogP contribution in [0.25, 0.3) is 17.0 Å². The molecule has 2 aromatic rings. The molecule has 0 unspecified atom stereocenters. The van der Waals surface area contributed by atoms with Gasteiger partial charge in [0.1, 0.15) is 17.9 Å². The summed E-state index contributed by atoms with van der Waals surface area (Å²) in [4.78, 5) is 30.3. The first-order valence-electron chi connectivity index (χ1n) is 9.25. The van der Waals surface area contributed by atoms with Crippen molar-refractivity contribution in [1.82, 2.24) is 15.2 Å². The fourth-order valence-corrected chi connectivity index (χ4v) is 4.18. The minimum atomic E-state index is -1.91. The van der Waals surface area contributed by atoms with E-state index < -0.39 is 23.6 Å². The number of epoxide rings is 1. The van der Waals surface area contributed by atoms with Gasteiger partial charge < -0.3 is 20.1 Å². The Morgan fingerprint density at radius 3 is 2.86 bits per heavy atom. The second kappa shape index (κ2) is 5.33. The molecule has 3 aliphatic heterocycles. The molecule has 3 fully saturated rings. The summed E-state index contributed by atoms with van der Waals surface area (Å²) in [5, 5.41) is 14.3. The highest BCUT2D eigenvalue weighted by Crippen LogP contribution is 2.45. The number of nitrogens with one attached hydrogen (secondary N) is 2. The number of allylic oxidation sites excluding steroid dienone is 1. The van der Waals surface area contributed by atoms with Crippen LogP contribution in [0.5, 0.6) is 0 Å². The zero-order valence-corrected chi connectivity index (χ0v) is 15.7. The van der Waals surface area contributed by atoms with E-state index in [1.54, 1.807) is 6.08 Å². The molecule has 144 valence electrons. The van der Waals surface area contributed by atoms with Gasteiger partial charge in [-0.15, -0.1) is 6.58 Å². The normalized spacial score (nSPS) is 30.4. The summed E-state index contributed by atoms with van der Waals surface area (Å²) in [7, 11) is 0. The molecular weight excluding hydrogens is 358 g/mol. The van der Waals surface area contributed by atoms with Gasteiger partial charge in [-0.25, -0.2) is 0 Å². The van der Waals surface area contributed by atoms with Gasteiger partial charge in [-0.05, 0) is 12.1 Å². The Hall–Kier alpha value is -2.90. The number of rotatable bonds is 3. The summed E-state index contributed by atoms with van der Waals surface area (Å²) in [6, 6.07) is 7.79. The van der Waals surface area contributed by atoms with E-state index in [4.69, 9.17) is 4.74 Å². The standard InChI is InChI=1S/C21H21N3O4/c1-4-20(2,3)16-12(11-7-5-6-8-13(11)22-16)9-14-18(25)24-10-15-17(28-15)21(24,27)19(26)23-14/h4-9,15,17,22,27H,1,10H2,2-3H3,(H,23,26)/b14-9-/t15-,17-,21-/m0/s1. The highest BCUT2D eigenvalue weighted by molar-refractivity contribution is 6.10. The average Bonchev–Trinajstić information content (AvgIpc) is 3.27. The summed E-state index contributed by atoms with van der Waals surface area (Å²) in [5.41, 5.74) is 0.490. The highest BCUT2D eigenvalue weighted by atomic mass is 16.6. The van der Waals surface area contributed by atoms with Gasteiger partial charge in [-0.2, -0.15) is 0 Å². The van der Waals surface area contributed by atoms with Gasteiger partial charge >= 0.3 is 0 Å². The number of carbonyl (C=O) groups is 2. The van der Waals surface area contributed by atoms with Crippen molar-refractivity contribution < 1.29 is 19.4 Å². The fourth-order valence-electron chi connectivity index (χ4n) is 4.18. The van der Waals surface area contributed by atoms with Crippen LogP contribution in [-0.2, 0) is 19.7 Å². The molecule has 28 heavy (non-hydrogen) atoms. The van der Waals surface area contributed by atoms with Crippen molar-refractivity contribution in [1.29, 1.82) is 0 Å². The number of carbonyl (C=O) groups excluding carboxylic acids is 2. The third kappa shape index (κ3) is 2.11. The number of ether oxygens (including phenoxy) is 1. The third-order valence-electron chi connectivity index (χ3n) is 6.00. The van der Waals surface area contributed by atoms with E-state index in [2.05, 4.69) is 16.9 Å². The lowest BCUT2D eigenvalue weighted by Gasteiger charge is -2.38. The average molecular weight is 379 g/mol. The summed E-state index contributed by atoms with van der Waals surface area (Å²) in [6.45, 7) is 8.19. The van der Waals surface area contributed by atoms with Gasteiger partial charge in [0.05, 0.1) is 6.54 Å². The first-order valence-corrected chi connectivity index (χ1v) is 9.25. The van der Waals surface area contributed by atoms with E-state index in [0.29, 0.717) is 0 Å². The van der Waals surface area contributed by atoms with Crippen molar-refractivity contribution in [2.75, 3.05) is 6.54 Å². The van der Waals surface area contributed by atoms with Crippen molar-refractivity contribution in [3.8, 4) is 0 Å². The van der Waals surface area contributed by atoms with E-state index in [-0.39, 0.29) is 23.8 Å². The van der Waals surface area contributed by atoms with Crippen molar-refractivity contribution in [3.05, 3.63) is 53.9 Å². The maximum atomic E-state index is 13.0. The van der Waals surface area contributed by atoms with Crippen LogP contribution in [0.4, 0.5) is 0 Å². The molecule has 5 rings (SSSR count). The third-order valence-corrected chi connectivity index (χ3v) is 6.00. The number of nitrogens with zero attached hydrogens (tertiary/aromatic N) is 1. The Bertz CT molecular complexity index is 1080. The molecule has 0 spiro atoms. The molecule has 0 aliphatic carbocycles. The zero-order chi connectivity index (χ0) is 19.8. The number of hydrogen-bond acceptors (Lipinski definition) is 4. The molecule has 4 heterocycles. The summed E-state index contributed by atoms with van der Waals surface area (Å²) in [6.07, 6.45) is 2.61. The van der Waals surface area contributed by atoms with E-state index in [9.17, 15) is 14.7 Å². The van der Waals surface area contributed by atoms with Crippen molar-refractivity contribution >= 4 is 28.8 Å². The molecule has 1 aromatic heterocycles. The molecule has 0 bridgehead atoms. The number of hydrogen-bond donors (Lipinski definition) is 3. The lowest BCUT2D eigenvalue weighted by Crippen LogP contribution is -2.66. The van der Waals surface area contributed by atoms with Gasteiger partial charge in [0, 0.05) is 27.6 Å². The van der Waals surface area contributed by atoms with Crippen LogP contribution < -0.4 is 5.32 Å². The lowest BCUT2D eigenvalue weighted by molar-refractivity contribution is -0.179. The second-order valence-electron chi connectivity index (χ2n) is 8.13. The van der Waals surface area contributed by atoms with E-state index >= 15 is 0 Å². The predicted octanol–water partition coefficient (Wildman–Crippen LogP) is 1.40. The number of aromatic amines is 1. The molecule has 3 aliphatic rings. The largest absolute Gasteiger partial charge is 0.362 e. The Morgan fingerprint density at radius 2 is 2.11 bits per heavy atom. The number of para-hydroxylation sites is 1. The van der Waals surface area contributed by atoms with Gasteiger partial charge in [0.25, 0.3) is 17.5 Å². The molecular formula is C21H21N3O4. The second-order valence-corrected chi connectivity index (χ2v) is 8.13. The molecule has 2 amide bonds. The van der Waals surface area contributed by atoms with Gasteiger partial charge in [0.2, 0.25) is 0 Å². The summed E-state index contributed by atoms with van der Waals surface area (Å²) >= 11 is 0. The first kappa shape index (κ1) is 17.2. The van der Waals surface area contributed by atoms with Crippen LogP contribution in [0.1, 0.15) is 25.1 Å². The van der Waals surface area contributed by atoms with Crippen LogP contribution in [0.2, 0.25) is 0 Å². The molecule has 1 aromatic carbocycles. The van der Waals surface area contributed by atoms with Gasteiger partial charge in [-0.1, -0.05) is 38.1 Å². The molecule has 3 atom stereocenters. The maximum Gasteiger partial charge on any atom is 0.280 e. The number of amides is 2. The number of aromatic nitrogens is 1. The molecule has 0 saturated carbocycles. The lowest BCUT2D eigenvalue weighted by atomic mass is 9.86. The highest BCUT2D eigenvalue weighted by Gasteiger charge is 2.71. The smallest absolute Gasteiger partial charge is 0.280 e. The minimum Gasteiger partial charge on any atom is -0.362 e. The van der Waals surface area contributed by atoms with E-state index in [1.165, 1.54) is 4.90 Å². The number of aliphatic hydroxyl groups is 1. The van der Waals surface area contributed by atoms with Crippen LogP contribution in [0.3, 0.4) is 0 Å². The quantitative estimate of drug-likeness (QED) is 0.427. The summed E-state index contributed by atoms with van der Waals surface area (Å²) < 4.78 is 5.28. The minimum absolute atomic E-state index is 0.141. The molecule has 3 N–H and O–H groups in total. The van der Waals surface area contributed by atoms with Gasteiger partial charge in [0.15, 0.2) is 0 Å². The number of benzene rings is 1.